The summed E-state index contributed by atoms with van der Waals surface area (Å²) in [5.41, 5.74) is 0.614. The average Bonchev–Trinajstić information content (AvgIpc) is 2.35. The highest BCUT2D eigenvalue weighted by Gasteiger charge is 2.20. The summed E-state index contributed by atoms with van der Waals surface area (Å²) >= 11 is 5.77. The third-order valence-electron chi connectivity index (χ3n) is 2.88. The van der Waals surface area contributed by atoms with Crippen LogP contribution < -0.4 is 10.6 Å². The van der Waals surface area contributed by atoms with Crippen LogP contribution in [0.3, 0.4) is 0 Å². The van der Waals surface area contributed by atoms with Gasteiger partial charge >= 0.3 is 0 Å². The van der Waals surface area contributed by atoms with Gasteiger partial charge in [0, 0.05) is 12.2 Å². The number of halogens is 1. The predicted molar refractivity (Wildman–Crippen MR) is 67.3 cm³/mol. The number of benzene rings is 1. The quantitative estimate of drug-likeness (QED) is 0.708. The molecule has 1 atom stereocenters. The van der Waals surface area contributed by atoms with Crippen LogP contribution in [-0.4, -0.2) is 24.1 Å². The minimum atomic E-state index is -0.000966. The van der Waals surface area contributed by atoms with Crippen LogP contribution in [0.1, 0.15) is 12.8 Å². The molecular formula is C12H15ClN2O2. The molecule has 0 aromatic heterocycles. The largest absolute Gasteiger partial charge is 0.506 e. The third-order valence-corrected chi connectivity index (χ3v) is 3.19. The fourth-order valence-corrected chi connectivity index (χ4v) is 2.09. The number of aromatic hydroxyl groups is 1. The highest BCUT2D eigenvalue weighted by Crippen LogP contribution is 2.26. The lowest BCUT2D eigenvalue weighted by atomic mass is 9.99. The molecule has 17 heavy (non-hydrogen) atoms. The second-order valence-electron chi connectivity index (χ2n) is 4.20. The summed E-state index contributed by atoms with van der Waals surface area (Å²) in [6, 6.07) is 4.65. The second kappa shape index (κ2) is 5.38. The number of hydrogen-bond donors (Lipinski definition) is 3. The Morgan fingerprint density at radius 1 is 1.53 bits per heavy atom. The van der Waals surface area contributed by atoms with Crippen LogP contribution in [0.15, 0.2) is 18.2 Å². The molecule has 3 N–H and O–H groups in total. The van der Waals surface area contributed by atoms with E-state index in [2.05, 4.69) is 10.6 Å². The van der Waals surface area contributed by atoms with Gasteiger partial charge in [-0.3, -0.25) is 4.79 Å². The maximum absolute atomic E-state index is 11.9. The van der Waals surface area contributed by atoms with Crippen LogP contribution in [0.5, 0.6) is 5.75 Å². The maximum Gasteiger partial charge on any atom is 0.228 e. The monoisotopic (exact) mass is 254 g/mol. The zero-order chi connectivity index (χ0) is 12.3. The molecule has 0 spiro atoms. The lowest BCUT2D eigenvalue weighted by Gasteiger charge is -2.21. The summed E-state index contributed by atoms with van der Waals surface area (Å²) < 4.78 is 0. The molecule has 1 aliphatic rings. The van der Waals surface area contributed by atoms with Gasteiger partial charge in [0.25, 0.3) is 0 Å². The lowest BCUT2D eigenvalue weighted by Crippen LogP contribution is -2.37. The van der Waals surface area contributed by atoms with E-state index in [9.17, 15) is 9.90 Å². The Morgan fingerprint density at radius 2 is 2.35 bits per heavy atom. The second-order valence-corrected chi connectivity index (χ2v) is 4.61. The van der Waals surface area contributed by atoms with Gasteiger partial charge in [-0.2, -0.15) is 0 Å². The Balaban J connectivity index is 1.99. The van der Waals surface area contributed by atoms with E-state index in [4.69, 9.17) is 11.6 Å². The molecule has 0 bridgehead atoms. The van der Waals surface area contributed by atoms with Crippen molar-refractivity contribution in [3.63, 3.8) is 0 Å². The highest BCUT2D eigenvalue weighted by atomic mass is 35.5. The number of carbonyl (C=O) groups is 1. The summed E-state index contributed by atoms with van der Waals surface area (Å²) in [5.74, 6) is 0.0271. The number of nitrogens with one attached hydrogen (secondary N) is 2. The van der Waals surface area contributed by atoms with Crippen LogP contribution in [0, 0.1) is 5.92 Å². The van der Waals surface area contributed by atoms with Gasteiger partial charge in [-0.1, -0.05) is 11.6 Å². The highest BCUT2D eigenvalue weighted by molar-refractivity contribution is 6.32. The summed E-state index contributed by atoms with van der Waals surface area (Å²) in [7, 11) is 0. The van der Waals surface area contributed by atoms with E-state index in [0.717, 1.165) is 25.9 Å². The molecule has 1 amide bonds. The SMILES string of the molecule is O=C(Nc1ccc(O)c(Cl)c1)C1CCCNC1. The topological polar surface area (TPSA) is 61.4 Å². The van der Waals surface area contributed by atoms with Crippen molar-refractivity contribution < 1.29 is 9.90 Å². The number of hydrogen-bond acceptors (Lipinski definition) is 3. The smallest absolute Gasteiger partial charge is 0.228 e. The summed E-state index contributed by atoms with van der Waals surface area (Å²) in [5, 5.41) is 15.5. The fourth-order valence-electron chi connectivity index (χ4n) is 1.90. The van der Waals surface area contributed by atoms with Gasteiger partial charge in [0.1, 0.15) is 5.75 Å². The first-order chi connectivity index (χ1) is 8.16. The maximum atomic E-state index is 11.9. The predicted octanol–water partition coefficient (Wildman–Crippen LogP) is 1.98. The average molecular weight is 255 g/mol. The van der Waals surface area contributed by atoms with Crippen LogP contribution in [-0.2, 0) is 4.79 Å². The Labute approximate surface area is 105 Å². The number of rotatable bonds is 2. The molecule has 92 valence electrons. The zero-order valence-electron chi connectivity index (χ0n) is 9.37. The number of amides is 1. The molecule has 2 rings (SSSR count). The van der Waals surface area contributed by atoms with Crippen LogP contribution in [0.25, 0.3) is 0 Å². The van der Waals surface area contributed by atoms with Crippen molar-refractivity contribution in [2.24, 2.45) is 5.92 Å². The van der Waals surface area contributed by atoms with Crippen molar-refractivity contribution >= 4 is 23.2 Å². The molecule has 0 radical (unpaired) electrons. The Bertz CT molecular complexity index is 417. The molecule has 1 unspecified atom stereocenters. The molecule has 1 aliphatic heterocycles. The van der Waals surface area contributed by atoms with Gasteiger partial charge in [0.15, 0.2) is 0 Å². The number of piperidine rings is 1. The molecule has 0 saturated carbocycles. The van der Waals surface area contributed by atoms with Crippen molar-refractivity contribution in [2.75, 3.05) is 18.4 Å². The number of anilines is 1. The number of phenolic OH excluding ortho intramolecular Hbond substituents is 1. The molecule has 1 heterocycles. The normalized spacial score (nSPS) is 19.9. The zero-order valence-corrected chi connectivity index (χ0v) is 10.1. The summed E-state index contributed by atoms with van der Waals surface area (Å²) in [6.07, 6.45) is 1.93. The standard InChI is InChI=1S/C12H15ClN2O2/c13-10-6-9(3-4-11(10)16)15-12(17)8-2-1-5-14-7-8/h3-4,6,8,14,16H,1-2,5,7H2,(H,15,17). The van der Waals surface area contributed by atoms with Crippen molar-refractivity contribution in [1.82, 2.24) is 5.32 Å². The number of phenols is 1. The van der Waals surface area contributed by atoms with E-state index in [-0.39, 0.29) is 22.6 Å². The first-order valence-electron chi connectivity index (χ1n) is 5.67. The van der Waals surface area contributed by atoms with Gasteiger partial charge in [-0.05, 0) is 37.6 Å². The Kier molecular flexibility index (Phi) is 3.86. The van der Waals surface area contributed by atoms with E-state index in [0.29, 0.717) is 5.69 Å². The van der Waals surface area contributed by atoms with E-state index < -0.39 is 0 Å². The summed E-state index contributed by atoms with van der Waals surface area (Å²) in [6.45, 7) is 1.70. The van der Waals surface area contributed by atoms with Crippen molar-refractivity contribution in [2.45, 2.75) is 12.8 Å². The van der Waals surface area contributed by atoms with Crippen molar-refractivity contribution in [3.05, 3.63) is 23.2 Å². The number of carbonyl (C=O) groups excluding carboxylic acids is 1. The molecule has 0 aliphatic carbocycles. The Hall–Kier alpha value is -1.26. The molecule has 5 heteroatoms. The molecule has 1 saturated heterocycles. The first kappa shape index (κ1) is 12.2. The van der Waals surface area contributed by atoms with Gasteiger partial charge in [-0.15, -0.1) is 0 Å². The van der Waals surface area contributed by atoms with Crippen molar-refractivity contribution in [3.8, 4) is 5.75 Å². The van der Waals surface area contributed by atoms with Crippen LogP contribution in [0.2, 0.25) is 5.02 Å². The fraction of sp³-hybridized carbons (Fsp3) is 0.417. The van der Waals surface area contributed by atoms with Gasteiger partial charge < -0.3 is 15.7 Å². The van der Waals surface area contributed by atoms with E-state index >= 15 is 0 Å². The van der Waals surface area contributed by atoms with Crippen molar-refractivity contribution in [1.29, 1.82) is 0 Å². The van der Waals surface area contributed by atoms with E-state index in [1.54, 1.807) is 12.1 Å². The Morgan fingerprint density at radius 3 is 3.00 bits per heavy atom. The van der Waals surface area contributed by atoms with Crippen LogP contribution >= 0.6 is 11.6 Å². The minimum Gasteiger partial charge on any atom is -0.506 e. The van der Waals surface area contributed by atoms with E-state index in [1.807, 2.05) is 0 Å². The first-order valence-corrected chi connectivity index (χ1v) is 6.04. The van der Waals surface area contributed by atoms with Crippen LogP contribution in [0.4, 0.5) is 5.69 Å². The lowest BCUT2D eigenvalue weighted by molar-refractivity contribution is -0.120. The third kappa shape index (κ3) is 3.11. The molecule has 4 nitrogen and oxygen atoms in total. The molecule has 1 fully saturated rings. The molecular weight excluding hydrogens is 240 g/mol. The van der Waals surface area contributed by atoms with Gasteiger partial charge in [-0.25, -0.2) is 0 Å². The minimum absolute atomic E-state index is 0.000966. The molecule has 1 aromatic carbocycles. The van der Waals surface area contributed by atoms with Gasteiger partial charge in [0.05, 0.1) is 10.9 Å². The van der Waals surface area contributed by atoms with Gasteiger partial charge in [0.2, 0.25) is 5.91 Å². The molecule has 1 aromatic rings. The summed E-state index contributed by atoms with van der Waals surface area (Å²) in [4.78, 5) is 11.9. The van der Waals surface area contributed by atoms with E-state index in [1.165, 1.54) is 6.07 Å².